The third kappa shape index (κ3) is 6.93. The van der Waals surface area contributed by atoms with Crippen molar-refractivity contribution in [3.63, 3.8) is 0 Å². The molecule has 0 spiro atoms. The van der Waals surface area contributed by atoms with Gasteiger partial charge in [0.1, 0.15) is 0 Å². The zero-order chi connectivity index (χ0) is 7.89. The first-order chi connectivity index (χ1) is 4.55. The summed E-state index contributed by atoms with van der Waals surface area (Å²) in [5, 5.41) is 0. The summed E-state index contributed by atoms with van der Waals surface area (Å²) < 4.78 is 0. The molecule has 0 unspecified atom stereocenters. The summed E-state index contributed by atoms with van der Waals surface area (Å²) in [4.78, 5) is 0. The van der Waals surface area contributed by atoms with Crippen molar-refractivity contribution in [2.45, 2.75) is 34.6 Å². The predicted octanol–water partition coefficient (Wildman–Crippen LogP) is -2.56. The molecule has 1 aromatic rings. The van der Waals surface area contributed by atoms with Crippen LogP contribution in [0.25, 0.3) is 0 Å². The van der Waals surface area contributed by atoms with Gasteiger partial charge in [-0.15, -0.1) is 0 Å². The van der Waals surface area contributed by atoms with Gasteiger partial charge in [0, 0.05) is 0 Å². The van der Waals surface area contributed by atoms with Crippen LogP contribution in [0.4, 0.5) is 0 Å². The molecule has 16 heavy (non-hydrogen) atoms. The summed E-state index contributed by atoms with van der Waals surface area (Å²) in [6.07, 6.45) is 0. The molecule has 0 aromatic heterocycles. The Balaban J connectivity index is -0.0000000417. The first-order valence-corrected chi connectivity index (χ1v) is 3.75. The molecule has 0 bridgehead atoms. The van der Waals surface area contributed by atoms with Crippen molar-refractivity contribution >= 4 is 0 Å². The molecule has 0 radical (unpaired) electrons. The van der Waals surface area contributed by atoms with Crippen LogP contribution in [0.2, 0.25) is 0 Å². The van der Waals surface area contributed by atoms with Crippen molar-refractivity contribution in [3.05, 3.63) is 27.8 Å². The van der Waals surface area contributed by atoms with E-state index in [1.165, 1.54) is 27.8 Å². The Bertz CT molecular complexity index is 195. The van der Waals surface area contributed by atoms with Crippen LogP contribution in [0, 0.1) is 34.6 Å². The Hall–Kier alpha value is 1.34. The SMILES string of the molecule is Cc1c(C)c(C)[c-](C)c1C.N.N.N.[I-].[I-].[Ir+3]. The minimum Gasteiger partial charge on any atom is -1.00 e. The van der Waals surface area contributed by atoms with E-state index in [4.69, 9.17) is 0 Å². The molecule has 0 heterocycles. The number of hydrogen-bond donors (Lipinski definition) is 3. The smallest absolute Gasteiger partial charge is 1.00 e. The number of rotatable bonds is 0. The van der Waals surface area contributed by atoms with E-state index in [2.05, 4.69) is 34.6 Å². The number of halogens is 2. The van der Waals surface area contributed by atoms with Gasteiger partial charge in [-0.3, -0.25) is 0 Å². The standard InChI is InChI=1S/C10H15.2HI.Ir.3H3N/c1-6-7(2)9(4)10(5)8(6)3;;;;;;/h1-5H3;2*1H;;3*1H3/q-1;;;+3;;;/p-2. The van der Waals surface area contributed by atoms with Crippen LogP contribution < -0.4 is 66.4 Å². The van der Waals surface area contributed by atoms with Crippen LogP contribution in [0.15, 0.2) is 0 Å². The Kier molecular flexibility index (Phi) is 32.4. The average molecular weight is 632 g/mol. The first-order valence-electron chi connectivity index (χ1n) is 3.75. The quantitative estimate of drug-likeness (QED) is 0.217. The molecule has 0 amide bonds. The van der Waals surface area contributed by atoms with E-state index in [1.807, 2.05) is 0 Å². The molecule has 0 fully saturated rings. The monoisotopic (exact) mass is 633 g/mol. The van der Waals surface area contributed by atoms with Crippen LogP contribution in [0.1, 0.15) is 27.8 Å². The van der Waals surface area contributed by atoms with Crippen LogP contribution in [-0.4, -0.2) is 0 Å². The van der Waals surface area contributed by atoms with E-state index < -0.39 is 0 Å². The summed E-state index contributed by atoms with van der Waals surface area (Å²) in [6.45, 7) is 11.0. The second-order valence-corrected chi connectivity index (χ2v) is 3.12. The zero-order valence-corrected chi connectivity index (χ0v) is 17.4. The molecule has 0 atom stereocenters. The largest absolute Gasteiger partial charge is 3.00 e. The minimum atomic E-state index is 0. The summed E-state index contributed by atoms with van der Waals surface area (Å²) in [7, 11) is 0. The molecular formula is C10H24I2IrN3. The van der Waals surface area contributed by atoms with Gasteiger partial charge < -0.3 is 66.4 Å². The third-order valence-corrected chi connectivity index (χ3v) is 2.81. The average Bonchev–Trinajstić information content (AvgIpc) is 2.07. The van der Waals surface area contributed by atoms with Crippen molar-refractivity contribution in [1.82, 2.24) is 18.5 Å². The zero-order valence-electron chi connectivity index (χ0n) is 10.7. The fourth-order valence-electron chi connectivity index (χ4n) is 1.41. The maximum Gasteiger partial charge on any atom is 3.00 e. The Labute approximate surface area is 147 Å². The van der Waals surface area contributed by atoms with Gasteiger partial charge in [0.15, 0.2) is 0 Å². The molecule has 0 aliphatic heterocycles. The van der Waals surface area contributed by atoms with Crippen molar-refractivity contribution in [3.8, 4) is 0 Å². The van der Waals surface area contributed by atoms with Crippen LogP contribution in [0.3, 0.4) is 0 Å². The van der Waals surface area contributed by atoms with Crippen molar-refractivity contribution in [2.75, 3.05) is 0 Å². The fraction of sp³-hybridized carbons (Fsp3) is 0.500. The molecule has 0 aliphatic rings. The molecule has 0 aliphatic carbocycles. The van der Waals surface area contributed by atoms with Crippen LogP contribution in [0.5, 0.6) is 0 Å². The van der Waals surface area contributed by atoms with E-state index in [1.54, 1.807) is 0 Å². The van der Waals surface area contributed by atoms with Crippen molar-refractivity contribution in [1.29, 1.82) is 0 Å². The molecule has 3 nitrogen and oxygen atoms in total. The molecule has 6 heteroatoms. The first kappa shape index (κ1) is 36.0. The van der Waals surface area contributed by atoms with Gasteiger partial charge in [-0.05, 0) is 0 Å². The summed E-state index contributed by atoms with van der Waals surface area (Å²) >= 11 is 0. The Morgan fingerprint density at radius 1 is 0.688 bits per heavy atom. The van der Waals surface area contributed by atoms with Crippen molar-refractivity contribution in [2.24, 2.45) is 0 Å². The summed E-state index contributed by atoms with van der Waals surface area (Å²) in [5.74, 6) is 0. The molecule has 1 aromatic carbocycles. The molecular weight excluding hydrogens is 608 g/mol. The second kappa shape index (κ2) is 14.4. The van der Waals surface area contributed by atoms with Gasteiger partial charge in [-0.1, -0.05) is 34.6 Å². The third-order valence-electron chi connectivity index (χ3n) is 2.81. The minimum absolute atomic E-state index is 0. The van der Waals surface area contributed by atoms with Crippen LogP contribution >= 0.6 is 0 Å². The van der Waals surface area contributed by atoms with E-state index >= 15 is 0 Å². The van der Waals surface area contributed by atoms with Gasteiger partial charge in [0.25, 0.3) is 0 Å². The normalized spacial score (nSPS) is 6.56. The van der Waals surface area contributed by atoms with Gasteiger partial charge in [0.05, 0.1) is 0 Å². The summed E-state index contributed by atoms with van der Waals surface area (Å²) in [6, 6.07) is 0. The predicted molar refractivity (Wildman–Crippen MR) is 60.8 cm³/mol. The maximum atomic E-state index is 2.20. The van der Waals surface area contributed by atoms with E-state index in [9.17, 15) is 0 Å². The molecule has 0 saturated heterocycles. The van der Waals surface area contributed by atoms with Gasteiger partial charge >= 0.3 is 20.1 Å². The second-order valence-electron chi connectivity index (χ2n) is 3.12. The number of hydrogen-bond acceptors (Lipinski definition) is 3. The van der Waals surface area contributed by atoms with Crippen LogP contribution in [-0.2, 0) is 20.1 Å². The summed E-state index contributed by atoms with van der Waals surface area (Å²) in [5.41, 5.74) is 7.34. The van der Waals surface area contributed by atoms with Gasteiger partial charge in [-0.2, -0.15) is 27.8 Å². The van der Waals surface area contributed by atoms with Crippen molar-refractivity contribution < 1.29 is 68.1 Å². The molecule has 0 saturated carbocycles. The Morgan fingerprint density at radius 2 is 0.875 bits per heavy atom. The van der Waals surface area contributed by atoms with Gasteiger partial charge in [-0.25, -0.2) is 0 Å². The molecule has 1 rings (SSSR count). The maximum absolute atomic E-state index is 2.20. The van der Waals surface area contributed by atoms with E-state index in [-0.39, 0.29) is 86.5 Å². The topological polar surface area (TPSA) is 105 Å². The molecule has 102 valence electrons. The van der Waals surface area contributed by atoms with E-state index in [0.717, 1.165) is 0 Å². The van der Waals surface area contributed by atoms with E-state index in [0.29, 0.717) is 0 Å². The molecule has 9 N–H and O–H groups in total. The Morgan fingerprint density at radius 3 is 0.938 bits per heavy atom. The van der Waals surface area contributed by atoms with Gasteiger partial charge in [0.2, 0.25) is 0 Å². The fourth-order valence-corrected chi connectivity index (χ4v) is 1.41.